The first-order valence-electron chi connectivity index (χ1n) is 8.40. The molecule has 1 aromatic rings. The number of carbonyl (C=O) groups excluding carboxylic acids is 2. The molecule has 0 aliphatic carbocycles. The Morgan fingerprint density at radius 2 is 1.84 bits per heavy atom. The number of carboxylic acids is 1. The zero-order valence-corrected chi connectivity index (χ0v) is 15.7. The lowest BCUT2D eigenvalue weighted by molar-refractivity contribution is -0.139. The smallest absolute Gasteiger partial charge is 0.326 e. The molecule has 0 aromatic heterocycles. The van der Waals surface area contributed by atoms with Crippen molar-refractivity contribution in [3.8, 4) is 0 Å². The summed E-state index contributed by atoms with van der Waals surface area (Å²) in [6, 6.07) is 6.04. The molecular formula is C18H26N2O4S. The predicted molar refractivity (Wildman–Crippen MR) is 98.9 cm³/mol. The summed E-state index contributed by atoms with van der Waals surface area (Å²) in [6.45, 7) is 5.73. The van der Waals surface area contributed by atoms with Crippen molar-refractivity contribution in [2.24, 2.45) is 0 Å². The minimum Gasteiger partial charge on any atom is -0.480 e. The van der Waals surface area contributed by atoms with Crippen LogP contribution in [0.4, 0.5) is 0 Å². The van der Waals surface area contributed by atoms with Gasteiger partial charge in [-0.25, -0.2) is 4.79 Å². The van der Waals surface area contributed by atoms with Crippen molar-refractivity contribution in [3.05, 3.63) is 29.8 Å². The van der Waals surface area contributed by atoms with Gasteiger partial charge in [0.2, 0.25) is 5.91 Å². The molecule has 25 heavy (non-hydrogen) atoms. The normalized spacial score (nSPS) is 11.8. The van der Waals surface area contributed by atoms with E-state index in [0.29, 0.717) is 16.9 Å². The van der Waals surface area contributed by atoms with Crippen LogP contribution < -0.4 is 10.6 Å². The van der Waals surface area contributed by atoms with Crippen LogP contribution in [0.3, 0.4) is 0 Å². The van der Waals surface area contributed by atoms with Gasteiger partial charge in [-0.2, -0.15) is 0 Å². The third-order valence-corrected chi connectivity index (χ3v) is 4.46. The number of benzene rings is 1. The van der Waals surface area contributed by atoms with Crippen LogP contribution in [0, 0.1) is 0 Å². The third-order valence-electron chi connectivity index (χ3n) is 3.39. The number of hydrogen-bond acceptors (Lipinski definition) is 4. The number of carboxylic acid groups (broad SMARTS) is 1. The summed E-state index contributed by atoms with van der Waals surface area (Å²) in [6.07, 6.45) is 1.98. The Labute approximate surface area is 152 Å². The Kier molecular flexibility index (Phi) is 9.05. The summed E-state index contributed by atoms with van der Waals surface area (Å²) in [5.41, 5.74) is 0.382. The number of aliphatic carboxylic acids is 1. The van der Waals surface area contributed by atoms with E-state index in [9.17, 15) is 19.5 Å². The van der Waals surface area contributed by atoms with E-state index in [0.717, 1.165) is 12.8 Å². The molecule has 0 spiro atoms. The molecular weight excluding hydrogens is 340 g/mol. The fourth-order valence-corrected chi connectivity index (χ4v) is 3.05. The van der Waals surface area contributed by atoms with Gasteiger partial charge in [-0.05, 0) is 32.4 Å². The third kappa shape index (κ3) is 7.60. The number of carbonyl (C=O) groups is 3. The molecule has 138 valence electrons. The van der Waals surface area contributed by atoms with Crippen LogP contribution in [0.25, 0.3) is 0 Å². The number of hydrogen-bond donors (Lipinski definition) is 3. The molecule has 6 nitrogen and oxygen atoms in total. The molecule has 0 aliphatic rings. The molecule has 1 unspecified atom stereocenters. The summed E-state index contributed by atoms with van der Waals surface area (Å²) in [5, 5.41) is 14.6. The van der Waals surface area contributed by atoms with Crippen LogP contribution in [0.2, 0.25) is 0 Å². The van der Waals surface area contributed by atoms with Crippen LogP contribution >= 0.6 is 11.8 Å². The van der Waals surface area contributed by atoms with Crippen molar-refractivity contribution in [2.45, 2.75) is 57.0 Å². The topological polar surface area (TPSA) is 95.5 Å². The molecule has 0 aliphatic heterocycles. The van der Waals surface area contributed by atoms with Crippen molar-refractivity contribution in [2.75, 3.05) is 5.75 Å². The molecule has 3 N–H and O–H groups in total. The van der Waals surface area contributed by atoms with E-state index in [-0.39, 0.29) is 17.7 Å². The van der Waals surface area contributed by atoms with Crippen LogP contribution in [0.1, 0.15) is 50.4 Å². The lowest BCUT2D eigenvalue weighted by Gasteiger charge is -2.16. The van der Waals surface area contributed by atoms with E-state index in [1.54, 1.807) is 24.3 Å². The largest absolute Gasteiger partial charge is 0.480 e. The molecule has 0 radical (unpaired) electrons. The fourth-order valence-electron chi connectivity index (χ4n) is 2.19. The van der Waals surface area contributed by atoms with Gasteiger partial charge in [0.25, 0.3) is 5.91 Å². The summed E-state index contributed by atoms with van der Waals surface area (Å²) in [7, 11) is 0. The van der Waals surface area contributed by atoms with Crippen LogP contribution in [0.15, 0.2) is 29.2 Å². The number of thioether (sulfide) groups is 1. The second-order valence-electron chi connectivity index (χ2n) is 6.01. The summed E-state index contributed by atoms with van der Waals surface area (Å²) in [4.78, 5) is 36.2. The number of unbranched alkanes of at least 4 members (excludes halogenated alkanes) is 1. The number of rotatable bonds is 10. The number of nitrogens with one attached hydrogen (secondary N) is 2. The molecule has 2 amide bonds. The van der Waals surface area contributed by atoms with Gasteiger partial charge in [-0.3, -0.25) is 9.59 Å². The van der Waals surface area contributed by atoms with Crippen molar-refractivity contribution in [3.63, 3.8) is 0 Å². The zero-order chi connectivity index (χ0) is 18.8. The molecule has 0 bridgehead atoms. The van der Waals surface area contributed by atoms with Crippen LogP contribution in [-0.2, 0) is 9.59 Å². The van der Waals surface area contributed by atoms with Gasteiger partial charge in [0.15, 0.2) is 0 Å². The Morgan fingerprint density at radius 3 is 2.44 bits per heavy atom. The maximum absolute atomic E-state index is 12.5. The Hall–Kier alpha value is -2.02. The van der Waals surface area contributed by atoms with Crippen molar-refractivity contribution < 1.29 is 19.5 Å². The summed E-state index contributed by atoms with van der Waals surface area (Å²) in [5.74, 6) is -1.39. The highest BCUT2D eigenvalue weighted by Gasteiger charge is 2.21. The molecule has 0 fully saturated rings. The average molecular weight is 366 g/mol. The van der Waals surface area contributed by atoms with E-state index >= 15 is 0 Å². The van der Waals surface area contributed by atoms with Crippen LogP contribution in [0.5, 0.6) is 0 Å². The van der Waals surface area contributed by atoms with E-state index in [1.165, 1.54) is 11.8 Å². The summed E-state index contributed by atoms with van der Waals surface area (Å²) >= 11 is 1.26. The molecule has 0 saturated carbocycles. The minimum absolute atomic E-state index is 0.0570. The van der Waals surface area contributed by atoms with Crippen molar-refractivity contribution >= 4 is 29.5 Å². The van der Waals surface area contributed by atoms with Gasteiger partial charge in [0.05, 0.1) is 11.3 Å². The lowest BCUT2D eigenvalue weighted by atomic mass is 10.1. The highest BCUT2D eigenvalue weighted by molar-refractivity contribution is 8.00. The highest BCUT2D eigenvalue weighted by Crippen LogP contribution is 2.22. The van der Waals surface area contributed by atoms with E-state index in [1.807, 2.05) is 20.8 Å². The molecule has 0 heterocycles. The number of amides is 2. The molecule has 1 aromatic carbocycles. The van der Waals surface area contributed by atoms with Gasteiger partial charge in [0, 0.05) is 10.9 Å². The first kappa shape index (κ1) is 21.0. The predicted octanol–water partition coefficient (Wildman–Crippen LogP) is 2.68. The van der Waals surface area contributed by atoms with Gasteiger partial charge < -0.3 is 15.7 Å². The maximum atomic E-state index is 12.5. The first-order valence-corrected chi connectivity index (χ1v) is 9.38. The maximum Gasteiger partial charge on any atom is 0.326 e. The molecule has 7 heteroatoms. The first-order chi connectivity index (χ1) is 11.8. The Morgan fingerprint density at radius 1 is 1.16 bits per heavy atom. The summed E-state index contributed by atoms with van der Waals surface area (Å²) < 4.78 is 0. The highest BCUT2D eigenvalue weighted by atomic mass is 32.2. The van der Waals surface area contributed by atoms with E-state index in [2.05, 4.69) is 10.6 Å². The molecule has 1 atom stereocenters. The molecule has 1 rings (SSSR count). The second-order valence-corrected chi connectivity index (χ2v) is 7.03. The standard InChI is InChI=1S/C18H26N2O4S/c1-4-5-9-14(18(23)24)20-17(22)13-8-6-7-10-15(13)25-11-16(21)19-12(2)3/h6-8,10,12,14H,4-5,9,11H2,1-3H3,(H,19,21)(H,20,22)(H,23,24). The van der Waals surface area contributed by atoms with E-state index < -0.39 is 17.9 Å². The quantitative estimate of drug-likeness (QED) is 0.553. The Bertz CT molecular complexity index is 604. The van der Waals surface area contributed by atoms with Gasteiger partial charge in [0.1, 0.15) is 6.04 Å². The minimum atomic E-state index is -1.04. The van der Waals surface area contributed by atoms with Crippen LogP contribution in [-0.4, -0.2) is 40.7 Å². The van der Waals surface area contributed by atoms with E-state index in [4.69, 9.17) is 0 Å². The molecule has 0 saturated heterocycles. The fraction of sp³-hybridized carbons (Fsp3) is 0.500. The average Bonchev–Trinajstić information content (AvgIpc) is 2.56. The van der Waals surface area contributed by atoms with Crippen molar-refractivity contribution in [1.29, 1.82) is 0 Å². The lowest BCUT2D eigenvalue weighted by Crippen LogP contribution is -2.40. The van der Waals surface area contributed by atoms with Gasteiger partial charge >= 0.3 is 5.97 Å². The van der Waals surface area contributed by atoms with Gasteiger partial charge in [-0.1, -0.05) is 31.9 Å². The van der Waals surface area contributed by atoms with Crippen molar-refractivity contribution in [1.82, 2.24) is 10.6 Å². The Balaban J connectivity index is 2.78. The monoisotopic (exact) mass is 366 g/mol. The van der Waals surface area contributed by atoms with Gasteiger partial charge in [-0.15, -0.1) is 11.8 Å². The zero-order valence-electron chi connectivity index (χ0n) is 14.9. The SMILES string of the molecule is CCCCC(NC(=O)c1ccccc1SCC(=O)NC(C)C)C(=O)O. The second kappa shape index (κ2) is 10.8.